The summed E-state index contributed by atoms with van der Waals surface area (Å²) in [5.41, 5.74) is 1.18. The molecule has 79 heavy (non-hydrogen) atoms. The maximum absolute atomic E-state index is 14.4. The number of nitrogens with zero attached hydrogens (tertiary/aromatic N) is 6. The zero-order valence-corrected chi connectivity index (χ0v) is 48.7. The number of esters is 2. The van der Waals surface area contributed by atoms with Crippen molar-refractivity contribution >= 4 is 63.3 Å². The normalized spacial score (nSPS) is 17.6. The zero-order valence-electron chi connectivity index (χ0n) is 47.9. The van der Waals surface area contributed by atoms with E-state index >= 15 is 0 Å². The van der Waals surface area contributed by atoms with E-state index in [1.807, 2.05) is 6.92 Å². The van der Waals surface area contributed by atoms with Gasteiger partial charge in [0.25, 0.3) is 11.6 Å². The van der Waals surface area contributed by atoms with Crippen LogP contribution in [0.2, 0.25) is 0 Å². The SMILES string of the molecule is C=C(C)C(=O)O[C@@H]1CC(C)N([C@@H](C)C(=O)N(C)[C@H](Cc2ccccc2)C(=O)N(C)CC(=O)N[C@H](C(=O)N[C@H](C)C(=O)O[C@H](/C(C)=C/C)[C@@H](C)[C@H](CC)OC(=O)N(C)CCN(C)S(=O)(=O)c2ccc([N+](=O)[O-])cc2)C(C)CC)C1=O. The van der Waals surface area contributed by atoms with Crippen LogP contribution in [0.25, 0.3) is 0 Å². The van der Waals surface area contributed by atoms with Crippen LogP contribution in [0.15, 0.2) is 83.3 Å². The Bertz CT molecular complexity index is 2670. The Morgan fingerprint density at radius 2 is 1.48 bits per heavy atom. The average molecular weight is 1130 g/mol. The first-order chi connectivity index (χ1) is 36.9. The van der Waals surface area contributed by atoms with Crippen molar-refractivity contribution < 1.29 is 65.9 Å². The van der Waals surface area contributed by atoms with Gasteiger partial charge in [-0.25, -0.2) is 22.8 Å². The molecule has 23 nitrogen and oxygen atoms in total. The van der Waals surface area contributed by atoms with Gasteiger partial charge in [0.1, 0.15) is 36.4 Å². The van der Waals surface area contributed by atoms with E-state index in [1.165, 1.54) is 63.7 Å². The first-order valence-electron chi connectivity index (χ1n) is 26.2. The number of sulfonamides is 1. The molecule has 1 fully saturated rings. The zero-order chi connectivity index (χ0) is 59.8. The summed E-state index contributed by atoms with van der Waals surface area (Å²) in [6, 6.07) is 8.24. The number of rotatable bonds is 28. The van der Waals surface area contributed by atoms with Crippen LogP contribution in [0.5, 0.6) is 0 Å². The molecule has 2 aromatic rings. The number of nitro groups is 1. The van der Waals surface area contributed by atoms with Gasteiger partial charge in [-0.05, 0) is 77.2 Å². The number of benzene rings is 2. The molecule has 2 N–H and O–H groups in total. The van der Waals surface area contributed by atoms with Crippen LogP contribution in [-0.4, -0.2) is 181 Å². The van der Waals surface area contributed by atoms with E-state index in [0.29, 0.717) is 24.0 Å². The molecule has 0 radical (unpaired) electrons. The van der Waals surface area contributed by atoms with Gasteiger partial charge < -0.3 is 44.4 Å². The van der Waals surface area contributed by atoms with Gasteiger partial charge in [-0.15, -0.1) is 0 Å². The largest absolute Gasteiger partial charge is 0.456 e. The van der Waals surface area contributed by atoms with Crippen LogP contribution >= 0.6 is 0 Å². The quantitative estimate of drug-likeness (QED) is 0.0293. The molecule has 10 atom stereocenters. The molecule has 1 saturated heterocycles. The maximum Gasteiger partial charge on any atom is 0.409 e. The highest BCUT2D eigenvalue weighted by Crippen LogP contribution is 2.28. The first kappa shape index (κ1) is 66.1. The molecule has 2 unspecified atom stereocenters. The summed E-state index contributed by atoms with van der Waals surface area (Å²) in [5.74, 6) is -5.78. The number of nitro benzene ring substituents is 1. The minimum atomic E-state index is -4.05. The maximum atomic E-state index is 14.4. The number of hydrogen-bond acceptors (Lipinski definition) is 15. The Hall–Kier alpha value is -7.21. The second kappa shape index (κ2) is 29.7. The fraction of sp³-hybridized carbons (Fsp3) is 0.564. The van der Waals surface area contributed by atoms with Crippen molar-refractivity contribution in [3.63, 3.8) is 0 Å². The molecule has 0 spiro atoms. The van der Waals surface area contributed by atoms with Crippen molar-refractivity contribution in [3.8, 4) is 0 Å². The lowest BCUT2D eigenvalue weighted by molar-refractivity contribution is -0.384. The number of nitrogens with one attached hydrogen (secondary N) is 2. The topological polar surface area (TPSA) is 282 Å². The molecule has 24 heteroatoms. The molecule has 3 rings (SSSR count). The number of amides is 6. The van der Waals surface area contributed by atoms with Crippen molar-refractivity contribution in [2.24, 2.45) is 11.8 Å². The number of hydrogen-bond donors (Lipinski definition) is 2. The Balaban J connectivity index is 1.70. The monoisotopic (exact) mass is 1120 g/mol. The Morgan fingerprint density at radius 1 is 0.873 bits per heavy atom. The molecule has 1 aliphatic rings. The van der Waals surface area contributed by atoms with E-state index in [2.05, 4.69) is 17.2 Å². The van der Waals surface area contributed by atoms with E-state index in [-0.39, 0.29) is 42.1 Å². The first-order valence-corrected chi connectivity index (χ1v) is 27.7. The summed E-state index contributed by atoms with van der Waals surface area (Å²) in [6.07, 6.45) is -0.972. The highest BCUT2D eigenvalue weighted by atomic mass is 32.2. The summed E-state index contributed by atoms with van der Waals surface area (Å²) < 4.78 is 44.5. The fourth-order valence-electron chi connectivity index (χ4n) is 8.84. The molecule has 1 heterocycles. The van der Waals surface area contributed by atoms with Crippen molar-refractivity contribution in [2.75, 3.05) is 47.8 Å². The van der Waals surface area contributed by atoms with Gasteiger partial charge in [0.05, 0.1) is 16.4 Å². The molecule has 0 saturated carbocycles. The number of likely N-dealkylation sites (tertiary alicyclic amines) is 1. The van der Waals surface area contributed by atoms with Crippen LogP contribution in [0, 0.1) is 22.0 Å². The van der Waals surface area contributed by atoms with Crippen LogP contribution in [0.1, 0.15) is 94.1 Å². The third-order valence-corrected chi connectivity index (χ3v) is 16.1. The summed E-state index contributed by atoms with van der Waals surface area (Å²) in [5, 5.41) is 16.4. The second-order valence-corrected chi connectivity index (χ2v) is 22.3. The van der Waals surface area contributed by atoms with E-state index in [9.17, 15) is 56.9 Å². The predicted octanol–water partition coefficient (Wildman–Crippen LogP) is 4.64. The van der Waals surface area contributed by atoms with E-state index in [0.717, 1.165) is 33.5 Å². The summed E-state index contributed by atoms with van der Waals surface area (Å²) in [7, 11) is 1.51. The molecule has 0 aliphatic carbocycles. The van der Waals surface area contributed by atoms with Crippen LogP contribution < -0.4 is 10.6 Å². The van der Waals surface area contributed by atoms with Crippen molar-refractivity contribution in [1.82, 2.24) is 34.5 Å². The van der Waals surface area contributed by atoms with Crippen molar-refractivity contribution in [3.05, 3.63) is 94.1 Å². The molecule has 0 bridgehead atoms. The van der Waals surface area contributed by atoms with Gasteiger partial charge in [0, 0.05) is 83.8 Å². The summed E-state index contributed by atoms with van der Waals surface area (Å²) >= 11 is 0. The minimum absolute atomic E-state index is 0.0496. The van der Waals surface area contributed by atoms with Crippen molar-refractivity contribution in [1.29, 1.82) is 0 Å². The summed E-state index contributed by atoms with van der Waals surface area (Å²) in [4.78, 5) is 124. The van der Waals surface area contributed by atoms with E-state index in [4.69, 9.17) is 14.2 Å². The highest BCUT2D eigenvalue weighted by molar-refractivity contribution is 7.89. The average Bonchev–Trinajstić information content (AvgIpc) is 3.75. The Kier molecular flexibility index (Phi) is 24.8. The Labute approximate surface area is 464 Å². The number of carbonyl (C=O) groups excluding carboxylic acids is 8. The fourth-order valence-corrected chi connectivity index (χ4v) is 10.0. The lowest BCUT2D eigenvalue weighted by Gasteiger charge is -2.36. The highest BCUT2D eigenvalue weighted by Gasteiger charge is 2.46. The number of carbonyl (C=O) groups is 8. The number of allylic oxidation sites excluding steroid dienone is 1. The summed E-state index contributed by atoms with van der Waals surface area (Å²) in [6.45, 7) is 19.5. The standard InChI is InChI=1S/C55H80N8O15S/c1-16-34(6)47(57-46(64)32-59(13)51(67)43(31-40-22-20-19-21-23-40)61(15)50(66)39(11)62-36(8)30-45(52(62)68)76-53(69)33(4)5)49(65)56-38(10)54(70)78-48(35(7)17-2)37(9)44(18-3)77-55(71)58(12)28-29-60(14)79(74,75)42-26-24-41(25-27-42)63(72)73/h17,19-27,34,36-39,43-45,47-48H,4,16,18,28-32H2,1-3,5-15H3,(H,56,65)(H,57,64)/b35-17+/t34?,36?,37-,38+,39-,43+,44-,45+,47-,48+/m0/s1. The van der Waals surface area contributed by atoms with E-state index in [1.54, 1.807) is 78.0 Å². The molecule has 0 aromatic heterocycles. The van der Waals surface area contributed by atoms with Gasteiger partial charge in [0.2, 0.25) is 33.7 Å². The van der Waals surface area contributed by atoms with E-state index < -0.39 is 129 Å². The lowest BCUT2D eigenvalue weighted by atomic mass is 9.91. The van der Waals surface area contributed by atoms with Gasteiger partial charge in [-0.1, -0.05) is 77.1 Å². The number of ether oxygens (including phenoxy) is 3. The van der Waals surface area contributed by atoms with Gasteiger partial charge in [-0.2, -0.15) is 4.31 Å². The minimum Gasteiger partial charge on any atom is -0.456 e. The molecule has 2 aromatic carbocycles. The van der Waals surface area contributed by atoms with Gasteiger partial charge >= 0.3 is 18.0 Å². The molecular formula is C55H80N8O15S. The number of non-ortho nitro benzene ring substituents is 1. The predicted molar refractivity (Wildman–Crippen MR) is 293 cm³/mol. The van der Waals surface area contributed by atoms with Crippen LogP contribution in [-0.2, 0) is 64.2 Å². The molecule has 6 amide bonds. The third kappa shape index (κ3) is 17.6. The van der Waals surface area contributed by atoms with Gasteiger partial charge in [-0.3, -0.25) is 34.1 Å². The third-order valence-electron chi connectivity index (χ3n) is 14.3. The van der Waals surface area contributed by atoms with Crippen LogP contribution in [0.4, 0.5) is 10.5 Å². The molecule has 436 valence electrons. The number of likely N-dealkylation sites (N-methyl/N-ethyl adjacent to an activating group) is 4. The van der Waals surface area contributed by atoms with Crippen LogP contribution in [0.3, 0.4) is 0 Å². The second-order valence-electron chi connectivity index (χ2n) is 20.3. The Morgan fingerprint density at radius 3 is 2.03 bits per heavy atom. The van der Waals surface area contributed by atoms with Gasteiger partial charge in [0.15, 0.2) is 6.10 Å². The molecule has 1 aliphatic heterocycles. The molecular weight excluding hydrogens is 1040 g/mol. The van der Waals surface area contributed by atoms with Crippen molar-refractivity contribution in [2.45, 2.75) is 148 Å². The lowest BCUT2D eigenvalue weighted by Crippen LogP contribution is -2.58. The smallest absolute Gasteiger partial charge is 0.409 e.